The second-order valence-electron chi connectivity index (χ2n) is 3.32. The molecule has 0 atom stereocenters. The Kier molecular flexibility index (Phi) is 11.8. The summed E-state index contributed by atoms with van der Waals surface area (Å²) in [6, 6.07) is 5.93. The van der Waals surface area contributed by atoms with Gasteiger partial charge in [-0.25, -0.2) is 0 Å². The van der Waals surface area contributed by atoms with Crippen LogP contribution in [0.4, 0.5) is 0 Å². The van der Waals surface area contributed by atoms with Gasteiger partial charge in [-0.3, -0.25) is 0 Å². The molecule has 76 valence electrons. The van der Waals surface area contributed by atoms with Crippen molar-refractivity contribution in [2.45, 2.75) is 51.9 Å². The second-order valence-corrected chi connectivity index (χ2v) is 9.97. The molecular formula is C9H26OSi2. The van der Waals surface area contributed by atoms with Gasteiger partial charge in [0, 0.05) is 7.11 Å². The van der Waals surface area contributed by atoms with E-state index in [4.69, 9.17) is 0 Å². The van der Waals surface area contributed by atoms with Gasteiger partial charge >= 0.3 is 0 Å². The van der Waals surface area contributed by atoms with Crippen LogP contribution >= 0.6 is 0 Å². The highest BCUT2D eigenvalue weighted by Gasteiger charge is 2.23. The van der Waals surface area contributed by atoms with E-state index in [1.54, 1.807) is 7.11 Å². The topological polar surface area (TPSA) is 9.23 Å². The van der Waals surface area contributed by atoms with Crippen molar-refractivity contribution < 1.29 is 4.43 Å². The Labute approximate surface area is 82.5 Å². The van der Waals surface area contributed by atoms with E-state index >= 15 is 0 Å². The van der Waals surface area contributed by atoms with Crippen LogP contribution in [0.1, 0.15) is 27.7 Å². The highest BCUT2D eigenvalue weighted by atomic mass is 28.3. The predicted molar refractivity (Wildman–Crippen MR) is 64.6 cm³/mol. The van der Waals surface area contributed by atoms with Crippen LogP contribution in [-0.2, 0) is 4.43 Å². The number of hydrogen-bond acceptors (Lipinski definition) is 1. The normalized spacial score (nSPS) is 10.8. The molecule has 0 saturated heterocycles. The van der Waals surface area contributed by atoms with Crippen LogP contribution in [0.25, 0.3) is 0 Å². The van der Waals surface area contributed by atoms with Crippen LogP contribution in [0.15, 0.2) is 0 Å². The van der Waals surface area contributed by atoms with E-state index in [0.29, 0.717) is 0 Å². The lowest BCUT2D eigenvalue weighted by atomic mass is 10.9. The summed E-state index contributed by atoms with van der Waals surface area (Å²) in [5, 5.41) is 0. The first-order chi connectivity index (χ1) is 5.66. The van der Waals surface area contributed by atoms with Crippen LogP contribution < -0.4 is 0 Å². The molecule has 0 fully saturated rings. The van der Waals surface area contributed by atoms with E-state index in [9.17, 15) is 0 Å². The molecule has 0 aromatic heterocycles. The Morgan fingerprint density at radius 3 is 1.08 bits per heavy atom. The number of rotatable bonds is 4. The fourth-order valence-corrected chi connectivity index (χ4v) is 4.50. The zero-order chi connectivity index (χ0) is 10.0. The van der Waals surface area contributed by atoms with Crippen LogP contribution in [0, 0.1) is 0 Å². The molecule has 0 aliphatic heterocycles. The maximum absolute atomic E-state index is 4.39. The fraction of sp³-hybridized carbons (Fsp3) is 1.00. The molecule has 1 nitrogen and oxygen atoms in total. The average Bonchev–Trinajstić information content (AvgIpc) is 2.11. The average molecular weight is 206 g/mol. The van der Waals surface area contributed by atoms with E-state index in [1.165, 1.54) is 24.2 Å². The van der Waals surface area contributed by atoms with Gasteiger partial charge in [-0.2, -0.15) is 0 Å². The molecule has 0 aromatic carbocycles. The molecule has 0 spiro atoms. The molecule has 0 rings (SSSR count). The Morgan fingerprint density at radius 1 is 0.917 bits per heavy atom. The molecule has 0 aliphatic rings. The Balaban J connectivity index is 0. The van der Waals surface area contributed by atoms with Crippen LogP contribution in [0.2, 0.25) is 24.2 Å². The highest BCUT2D eigenvalue weighted by Crippen LogP contribution is 2.23. The van der Waals surface area contributed by atoms with E-state index in [1.807, 2.05) is 0 Å². The summed E-state index contributed by atoms with van der Waals surface area (Å²) in [6.45, 7) is 9.46. The highest BCUT2D eigenvalue weighted by molar-refractivity contribution is 6.79. The first kappa shape index (κ1) is 14.9. The lowest BCUT2D eigenvalue weighted by Gasteiger charge is -2.25. The molecular weight excluding hydrogens is 180 g/mol. The molecule has 0 aliphatic carbocycles. The third-order valence-corrected chi connectivity index (χ3v) is 9.00. The Bertz CT molecular complexity index is 65.1. The maximum Gasteiger partial charge on any atom is 0.145 e. The quantitative estimate of drug-likeness (QED) is 0.642. The Hall–Kier alpha value is 0.394. The first-order valence-corrected chi connectivity index (χ1v) is 8.70. The van der Waals surface area contributed by atoms with Gasteiger partial charge in [-0.15, -0.1) is 0 Å². The number of hydrogen-bond donors (Lipinski definition) is 0. The molecule has 0 N–H and O–H groups in total. The van der Waals surface area contributed by atoms with Crippen molar-refractivity contribution in [2.24, 2.45) is 0 Å². The van der Waals surface area contributed by atoms with Crippen molar-refractivity contribution in [3.63, 3.8) is 0 Å². The molecule has 0 heterocycles. The SMILES string of the molecule is CC[Si](CC)(CC)CC.CO[SiH3]. The molecule has 0 bridgehead atoms. The summed E-state index contributed by atoms with van der Waals surface area (Å²) in [4.78, 5) is 0. The van der Waals surface area contributed by atoms with Gasteiger partial charge in [0.05, 0.1) is 8.07 Å². The minimum absolute atomic E-state index is 0.691. The molecule has 0 amide bonds. The lowest BCUT2D eigenvalue weighted by Crippen LogP contribution is -2.29. The van der Waals surface area contributed by atoms with Gasteiger partial charge < -0.3 is 4.43 Å². The van der Waals surface area contributed by atoms with Crippen molar-refractivity contribution in [3.8, 4) is 0 Å². The van der Waals surface area contributed by atoms with Crippen molar-refractivity contribution in [1.82, 2.24) is 0 Å². The van der Waals surface area contributed by atoms with Gasteiger partial charge in [0.15, 0.2) is 0 Å². The van der Waals surface area contributed by atoms with Gasteiger partial charge in [0.25, 0.3) is 0 Å². The molecule has 0 unspecified atom stereocenters. The zero-order valence-corrected chi connectivity index (χ0v) is 12.7. The fourth-order valence-electron chi connectivity index (χ4n) is 1.50. The third-order valence-electron chi connectivity index (χ3n) is 3.00. The van der Waals surface area contributed by atoms with E-state index in [0.717, 1.165) is 10.5 Å². The minimum Gasteiger partial charge on any atom is -0.431 e. The van der Waals surface area contributed by atoms with E-state index in [-0.39, 0.29) is 0 Å². The summed E-state index contributed by atoms with van der Waals surface area (Å²) in [5.74, 6) is 0. The largest absolute Gasteiger partial charge is 0.431 e. The lowest BCUT2D eigenvalue weighted by molar-refractivity contribution is 0.460. The summed E-state index contributed by atoms with van der Waals surface area (Å²) in [6.07, 6.45) is 0. The summed E-state index contributed by atoms with van der Waals surface area (Å²) in [7, 11) is 1.86. The molecule has 0 aromatic rings. The summed E-state index contributed by atoms with van der Waals surface area (Å²) < 4.78 is 4.39. The van der Waals surface area contributed by atoms with E-state index in [2.05, 4.69) is 32.1 Å². The smallest absolute Gasteiger partial charge is 0.145 e. The second kappa shape index (κ2) is 9.48. The van der Waals surface area contributed by atoms with Crippen molar-refractivity contribution in [3.05, 3.63) is 0 Å². The standard InChI is InChI=1S/C8H20Si.CH6OSi/c1-5-9(6-2,7-3)8-4;1-2-3/h5-8H2,1-4H3;1,3H3. The predicted octanol–water partition coefficient (Wildman–Crippen LogP) is 2.43. The van der Waals surface area contributed by atoms with Gasteiger partial charge in [-0.05, 0) is 0 Å². The summed E-state index contributed by atoms with van der Waals surface area (Å²) in [5.41, 5.74) is 0. The molecule has 12 heavy (non-hydrogen) atoms. The van der Waals surface area contributed by atoms with Crippen LogP contribution in [0.3, 0.4) is 0 Å². The first-order valence-electron chi connectivity index (χ1n) is 5.06. The Morgan fingerprint density at radius 2 is 1.08 bits per heavy atom. The van der Waals surface area contributed by atoms with Crippen LogP contribution in [-0.4, -0.2) is 25.7 Å². The molecule has 3 heteroatoms. The van der Waals surface area contributed by atoms with Crippen molar-refractivity contribution >= 4 is 18.6 Å². The zero-order valence-electron chi connectivity index (χ0n) is 9.74. The van der Waals surface area contributed by atoms with Gasteiger partial charge in [0.2, 0.25) is 0 Å². The van der Waals surface area contributed by atoms with Gasteiger partial charge in [-0.1, -0.05) is 51.9 Å². The maximum atomic E-state index is 4.39. The third kappa shape index (κ3) is 5.97. The van der Waals surface area contributed by atoms with Crippen molar-refractivity contribution in [1.29, 1.82) is 0 Å². The monoisotopic (exact) mass is 206 g/mol. The van der Waals surface area contributed by atoms with E-state index < -0.39 is 8.07 Å². The van der Waals surface area contributed by atoms with Crippen LogP contribution in [0.5, 0.6) is 0 Å². The molecule has 0 radical (unpaired) electrons. The van der Waals surface area contributed by atoms with Crippen molar-refractivity contribution in [2.75, 3.05) is 7.11 Å². The molecule has 0 saturated carbocycles. The minimum atomic E-state index is -0.691. The van der Waals surface area contributed by atoms with Gasteiger partial charge in [0.1, 0.15) is 10.5 Å². The summed E-state index contributed by atoms with van der Waals surface area (Å²) >= 11 is 0.